The number of rotatable bonds is 5. The highest BCUT2D eigenvalue weighted by atomic mass is 15.1. The summed E-state index contributed by atoms with van der Waals surface area (Å²) in [5, 5.41) is 7.25. The average molecular weight is 266 g/mol. The molecular formula is C16H18N4. The molecule has 2 heterocycles. The minimum absolute atomic E-state index is 0.833. The molecule has 0 amide bonds. The van der Waals surface area contributed by atoms with Crippen LogP contribution in [0.4, 0.5) is 0 Å². The maximum absolute atomic E-state index is 4.46. The van der Waals surface area contributed by atoms with Crippen LogP contribution in [0.1, 0.15) is 30.3 Å². The first-order chi connectivity index (χ1) is 9.86. The Kier molecular flexibility index (Phi) is 3.63. The van der Waals surface area contributed by atoms with Gasteiger partial charge < -0.3 is 4.98 Å². The normalized spacial score (nSPS) is 10.8. The monoisotopic (exact) mass is 266 g/mol. The Balaban J connectivity index is 1.85. The van der Waals surface area contributed by atoms with E-state index in [1.807, 2.05) is 18.5 Å². The molecular weight excluding hydrogens is 248 g/mol. The highest BCUT2D eigenvalue weighted by molar-refractivity contribution is 5.58. The topological polar surface area (TPSA) is 57.4 Å². The predicted molar refractivity (Wildman–Crippen MR) is 79.4 cm³/mol. The summed E-state index contributed by atoms with van der Waals surface area (Å²) in [6.45, 7) is 2.17. The van der Waals surface area contributed by atoms with Crippen LogP contribution in [-0.4, -0.2) is 20.2 Å². The van der Waals surface area contributed by atoms with Crippen molar-refractivity contribution in [2.24, 2.45) is 0 Å². The van der Waals surface area contributed by atoms with Gasteiger partial charge in [0.05, 0.1) is 17.5 Å². The molecule has 102 valence electrons. The largest absolute Gasteiger partial charge is 0.342 e. The molecule has 4 heteroatoms. The summed E-state index contributed by atoms with van der Waals surface area (Å²) in [6.07, 6.45) is 6.73. The zero-order chi connectivity index (χ0) is 13.8. The summed E-state index contributed by atoms with van der Waals surface area (Å²) in [6, 6.07) is 10.4. The zero-order valence-electron chi connectivity index (χ0n) is 11.6. The summed E-state index contributed by atoms with van der Waals surface area (Å²) in [5.41, 5.74) is 4.58. The summed E-state index contributed by atoms with van der Waals surface area (Å²) >= 11 is 0. The van der Waals surface area contributed by atoms with Gasteiger partial charge >= 0.3 is 0 Å². The molecule has 0 unspecified atom stereocenters. The number of H-pyrrole nitrogens is 2. The van der Waals surface area contributed by atoms with Gasteiger partial charge in [-0.3, -0.25) is 5.10 Å². The van der Waals surface area contributed by atoms with Crippen LogP contribution in [0.25, 0.3) is 11.4 Å². The fraction of sp³-hybridized carbons (Fsp3) is 0.250. The van der Waals surface area contributed by atoms with Gasteiger partial charge in [-0.15, -0.1) is 0 Å². The van der Waals surface area contributed by atoms with Crippen LogP contribution >= 0.6 is 0 Å². The number of nitrogens with zero attached hydrogens (tertiary/aromatic N) is 2. The summed E-state index contributed by atoms with van der Waals surface area (Å²) in [4.78, 5) is 7.84. The second kappa shape index (κ2) is 5.74. The fourth-order valence-corrected chi connectivity index (χ4v) is 2.34. The third-order valence-corrected chi connectivity index (χ3v) is 3.34. The molecule has 2 N–H and O–H groups in total. The van der Waals surface area contributed by atoms with Crippen molar-refractivity contribution in [1.29, 1.82) is 0 Å². The van der Waals surface area contributed by atoms with E-state index < -0.39 is 0 Å². The Labute approximate surface area is 118 Å². The number of hydrogen-bond acceptors (Lipinski definition) is 2. The fourth-order valence-electron chi connectivity index (χ4n) is 2.34. The molecule has 0 aliphatic carbocycles. The molecule has 0 saturated carbocycles. The van der Waals surface area contributed by atoms with E-state index in [0.29, 0.717) is 0 Å². The van der Waals surface area contributed by atoms with Crippen molar-refractivity contribution >= 4 is 0 Å². The molecule has 0 atom stereocenters. The number of benzene rings is 1. The van der Waals surface area contributed by atoms with Crippen LogP contribution < -0.4 is 0 Å². The molecule has 2 aromatic heterocycles. The van der Waals surface area contributed by atoms with E-state index in [1.165, 1.54) is 11.3 Å². The molecule has 3 aromatic rings. The quantitative estimate of drug-likeness (QED) is 0.744. The Morgan fingerprint density at radius 2 is 1.95 bits per heavy atom. The molecule has 20 heavy (non-hydrogen) atoms. The van der Waals surface area contributed by atoms with E-state index in [2.05, 4.69) is 51.4 Å². The Morgan fingerprint density at radius 1 is 1.10 bits per heavy atom. The third kappa shape index (κ3) is 2.64. The van der Waals surface area contributed by atoms with Gasteiger partial charge in [0.15, 0.2) is 0 Å². The summed E-state index contributed by atoms with van der Waals surface area (Å²) in [7, 11) is 0. The highest BCUT2D eigenvalue weighted by Crippen LogP contribution is 2.21. The zero-order valence-corrected chi connectivity index (χ0v) is 11.6. The molecule has 3 rings (SSSR count). The number of hydrogen-bond donors (Lipinski definition) is 2. The van der Waals surface area contributed by atoms with Crippen LogP contribution in [0, 0.1) is 0 Å². The molecule has 0 aliphatic heterocycles. The molecule has 0 spiro atoms. The van der Waals surface area contributed by atoms with Crippen LogP contribution in [0.2, 0.25) is 0 Å². The number of nitrogens with one attached hydrogen (secondary N) is 2. The van der Waals surface area contributed by atoms with Gasteiger partial charge in [-0.2, -0.15) is 5.10 Å². The van der Waals surface area contributed by atoms with Crippen LogP contribution in [0.3, 0.4) is 0 Å². The van der Waals surface area contributed by atoms with Crippen molar-refractivity contribution in [2.45, 2.75) is 26.2 Å². The number of aromatic nitrogens is 4. The maximum Gasteiger partial charge on any atom is 0.140 e. The van der Waals surface area contributed by atoms with E-state index >= 15 is 0 Å². The van der Waals surface area contributed by atoms with Crippen molar-refractivity contribution in [1.82, 2.24) is 20.2 Å². The lowest BCUT2D eigenvalue weighted by Gasteiger charge is -2.01. The van der Waals surface area contributed by atoms with Crippen molar-refractivity contribution in [3.8, 4) is 11.4 Å². The Morgan fingerprint density at radius 3 is 2.75 bits per heavy atom. The van der Waals surface area contributed by atoms with E-state index in [0.717, 1.165) is 36.3 Å². The van der Waals surface area contributed by atoms with E-state index in [4.69, 9.17) is 0 Å². The summed E-state index contributed by atoms with van der Waals surface area (Å²) in [5.74, 6) is 0.896. The highest BCUT2D eigenvalue weighted by Gasteiger charge is 2.11. The SMILES string of the molecule is CCCc1cnc(-c2cn[nH]c2Cc2ccccc2)[nH]1. The van der Waals surface area contributed by atoms with Crippen molar-refractivity contribution in [3.05, 3.63) is 59.7 Å². The van der Waals surface area contributed by atoms with Crippen molar-refractivity contribution < 1.29 is 0 Å². The van der Waals surface area contributed by atoms with Gasteiger partial charge in [-0.25, -0.2) is 4.98 Å². The smallest absolute Gasteiger partial charge is 0.140 e. The van der Waals surface area contributed by atoms with Crippen LogP contribution in [-0.2, 0) is 12.8 Å². The molecule has 1 aromatic carbocycles. The van der Waals surface area contributed by atoms with E-state index in [1.54, 1.807) is 0 Å². The van der Waals surface area contributed by atoms with Gasteiger partial charge in [0.25, 0.3) is 0 Å². The first kappa shape index (κ1) is 12.7. The minimum atomic E-state index is 0.833. The lowest BCUT2D eigenvalue weighted by Crippen LogP contribution is -1.92. The number of aromatic amines is 2. The lowest BCUT2D eigenvalue weighted by molar-refractivity contribution is 0.893. The standard InChI is InChI=1S/C16H18N4/c1-2-6-13-10-17-16(19-13)14-11-18-20-15(14)9-12-7-4-3-5-8-12/h3-5,7-8,10-11H,2,6,9H2,1H3,(H,17,19)(H,18,20). The van der Waals surface area contributed by atoms with Crippen LogP contribution in [0.15, 0.2) is 42.7 Å². The second-order valence-corrected chi connectivity index (χ2v) is 4.93. The predicted octanol–water partition coefficient (Wildman–Crippen LogP) is 3.34. The van der Waals surface area contributed by atoms with E-state index in [9.17, 15) is 0 Å². The van der Waals surface area contributed by atoms with E-state index in [-0.39, 0.29) is 0 Å². The Bertz CT molecular complexity index is 667. The molecule has 0 bridgehead atoms. The van der Waals surface area contributed by atoms with Gasteiger partial charge in [-0.1, -0.05) is 43.7 Å². The lowest BCUT2D eigenvalue weighted by atomic mass is 10.1. The maximum atomic E-state index is 4.46. The molecule has 0 radical (unpaired) electrons. The van der Waals surface area contributed by atoms with Crippen LogP contribution in [0.5, 0.6) is 0 Å². The van der Waals surface area contributed by atoms with Gasteiger partial charge in [-0.05, 0) is 12.0 Å². The first-order valence-electron chi connectivity index (χ1n) is 6.97. The second-order valence-electron chi connectivity index (χ2n) is 4.93. The first-order valence-corrected chi connectivity index (χ1v) is 6.97. The minimum Gasteiger partial charge on any atom is -0.342 e. The third-order valence-electron chi connectivity index (χ3n) is 3.34. The molecule has 0 aliphatic rings. The molecule has 0 saturated heterocycles. The van der Waals surface area contributed by atoms with Crippen molar-refractivity contribution in [2.75, 3.05) is 0 Å². The van der Waals surface area contributed by atoms with Gasteiger partial charge in [0.1, 0.15) is 5.82 Å². The molecule has 0 fully saturated rings. The Hall–Kier alpha value is -2.36. The van der Waals surface area contributed by atoms with Gasteiger partial charge in [0, 0.05) is 18.3 Å². The number of aryl methyl sites for hydroxylation is 1. The van der Waals surface area contributed by atoms with Gasteiger partial charge in [0.2, 0.25) is 0 Å². The van der Waals surface area contributed by atoms with Crippen molar-refractivity contribution in [3.63, 3.8) is 0 Å². The number of imidazole rings is 1. The average Bonchev–Trinajstić information content (AvgIpc) is 3.09. The summed E-state index contributed by atoms with van der Waals surface area (Å²) < 4.78 is 0. The molecule has 4 nitrogen and oxygen atoms in total.